The van der Waals surface area contributed by atoms with Crippen LogP contribution in [0.4, 0.5) is 5.69 Å². The lowest BCUT2D eigenvalue weighted by atomic mass is 9.85. The molecule has 134 valence electrons. The quantitative estimate of drug-likeness (QED) is 0.481. The minimum absolute atomic E-state index is 0.0572. The summed E-state index contributed by atoms with van der Waals surface area (Å²) in [6.45, 7) is 0.806. The summed E-state index contributed by atoms with van der Waals surface area (Å²) in [5.74, 6) is 0. The maximum absolute atomic E-state index is 6.28. The predicted molar refractivity (Wildman–Crippen MR) is 109 cm³/mol. The third-order valence-electron chi connectivity index (χ3n) is 6.13. The van der Waals surface area contributed by atoms with E-state index in [1.54, 1.807) is 0 Å². The Balaban J connectivity index is 1.66. The number of nitrogens with one attached hydrogen (secondary N) is 2. The zero-order valence-electron chi connectivity index (χ0n) is 15.0. The molecule has 0 bridgehead atoms. The van der Waals surface area contributed by atoms with Crippen LogP contribution in [0.5, 0.6) is 0 Å². The van der Waals surface area contributed by atoms with E-state index < -0.39 is 0 Å². The summed E-state index contributed by atoms with van der Waals surface area (Å²) in [5.41, 5.74) is 15.9. The molecular weight excluding hydrogens is 334 g/mol. The first-order valence-corrected chi connectivity index (χ1v) is 9.71. The molecule has 1 atom stereocenters. The lowest BCUT2D eigenvalue weighted by molar-refractivity contribution is 0.689. The zero-order valence-corrected chi connectivity index (χ0v) is 15.0. The highest BCUT2D eigenvalue weighted by Crippen LogP contribution is 2.39. The van der Waals surface area contributed by atoms with Crippen molar-refractivity contribution in [2.75, 3.05) is 11.9 Å². The maximum Gasteiger partial charge on any atom is 0.0744 e. The van der Waals surface area contributed by atoms with Crippen molar-refractivity contribution in [1.82, 2.24) is 15.2 Å². The normalized spacial score (nSPS) is 18.5. The molecule has 6 rings (SSSR count). The van der Waals surface area contributed by atoms with Crippen molar-refractivity contribution in [3.63, 3.8) is 0 Å². The number of aryl methyl sites for hydroxylation is 1. The first-order chi connectivity index (χ1) is 13.3. The van der Waals surface area contributed by atoms with E-state index in [0.717, 1.165) is 41.8 Å². The molecule has 5 nitrogen and oxygen atoms in total. The van der Waals surface area contributed by atoms with Gasteiger partial charge in [0.1, 0.15) is 0 Å². The molecule has 2 aromatic carbocycles. The molecule has 2 aromatic heterocycles. The van der Waals surface area contributed by atoms with Gasteiger partial charge in [0.25, 0.3) is 0 Å². The summed E-state index contributed by atoms with van der Waals surface area (Å²) in [4.78, 5) is 5.14. The van der Waals surface area contributed by atoms with E-state index in [1.807, 2.05) is 6.20 Å². The SMILES string of the molecule is NC1CNc2ccc(-c3nc4ccc5[nH]ncc5c4c4c3CCCC4)cc21. The number of aromatic amines is 1. The number of hydrogen-bond acceptors (Lipinski definition) is 4. The fourth-order valence-corrected chi connectivity index (χ4v) is 4.79. The van der Waals surface area contributed by atoms with Gasteiger partial charge in [-0.15, -0.1) is 0 Å². The lowest BCUT2D eigenvalue weighted by Gasteiger charge is -2.22. The molecular formula is C22H21N5. The molecule has 1 unspecified atom stereocenters. The van der Waals surface area contributed by atoms with Crippen molar-refractivity contribution in [3.05, 3.63) is 53.2 Å². The molecule has 0 radical (unpaired) electrons. The number of rotatable bonds is 1. The summed E-state index contributed by atoms with van der Waals surface area (Å²) < 4.78 is 0. The number of aromatic nitrogens is 3. The maximum atomic E-state index is 6.28. The number of hydrogen-bond donors (Lipinski definition) is 3. The van der Waals surface area contributed by atoms with E-state index >= 15 is 0 Å². The summed E-state index contributed by atoms with van der Waals surface area (Å²) in [7, 11) is 0. The molecule has 2 aliphatic rings. The van der Waals surface area contributed by atoms with Crippen LogP contribution < -0.4 is 11.1 Å². The zero-order chi connectivity index (χ0) is 18.0. The van der Waals surface area contributed by atoms with Crippen molar-refractivity contribution in [1.29, 1.82) is 0 Å². The number of nitrogens with two attached hydrogens (primary N) is 1. The van der Waals surface area contributed by atoms with Gasteiger partial charge in [-0.05, 0) is 66.6 Å². The number of pyridine rings is 1. The molecule has 1 aliphatic heterocycles. The largest absolute Gasteiger partial charge is 0.383 e. The van der Waals surface area contributed by atoms with E-state index in [2.05, 4.69) is 45.8 Å². The predicted octanol–water partition coefficient (Wildman–Crippen LogP) is 4.08. The first kappa shape index (κ1) is 15.2. The van der Waals surface area contributed by atoms with Crippen molar-refractivity contribution in [2.24, 2.45) is 5.73 Å². The smallest absolute Gasteiger partial charge is 0.0744 e. The highest BCUT2D eigenvalue weighted by Gasteiger charge is 2.23. The van der Waals surface area contributed by atoms with E-state index in [-0.39, 0.29) is 6.04 Å². The van der Waals surface area contributed by atoms with Gasteiger partial charge in [0.05, 0.1) is 22.9 Å². The van der Waals surface area contributed by atoms with Crippen molar-refractivity contribution in [2.45, 2.75) is 31.7 Å². The summed E-state index contributed by atoms with van der Waals surface area (Å²) in [6.07, 6.45) is 6.59. The summed E-state index contributed by atoms with van der Waals surface area (Å²) in [6, 6.07) is 10.8. The van der Waals surface area contributed by atoms with Crippen LogP contribution in [0.2, 0.25) is 0 Å². The molecule has 0 saturated heterocycles. The lowest BCUT2D eigenvalue weighted by Crippen LogP contribution is -2.11. The number of fused-ring (bicyclic) bond motifs is 6. The van der Waals surface area contributed by atoms with Crippen LogP contribution in [-0.2, 0) is 12.8 Å². The van der Waals surface area contributed by atoms with Crippen LogP contribution in [0.15, 0.2) is 36.5 Å². The average Bonchev–Trinajstić information content (AvgIpc) is 3.33. The second kappa shape index (κ2) is 5.54. The second-order valence-corrected chi connectivity index (χ2v) is 7.70. The van der Waals surface area contributed by atoms with Crippen molar-refractivity contribution < 1.29 is 0 Å². The van der Waals surface area contributed by atoms with Gasteiger partial charge in [0, 0.05) is 34.6 Å². The standard InChI is InChI=1S/C22H21N5/c23-17-11-24-18-6-5-12(9-15(17)18)22-14-4-2-1-3-13(14)21-16-10-25-27-19(16)7-8-20(21)26-22/h5-10,17,24H,1-4,11,23H2,(H,25,27). The van der Waals surface area contributed by atoms with Crippen LogP contribution in [-0.4, -0.2) is 21.7 Å². The minimum Gasteiger partial charge on any atom is -0.383 e. The minimum atomic E-state index is 0.0572. The van der Waals surface area contributed by atoms with Crippen LogP contribution in [0.25, 0.3) is 33.1 Å². The van der Waals surface area contributed by atoms with Gasteiger partial charge < -0.3 is 11.1 Å². The van der Waals surface area contributed by atoms with Gasteiger partial charge in [-0.3, -0.25) is 5.10 Å². The van der Waals surface area contributed by atoms with E-state index in [1.165, 1.54) is 45.9 Å². The third-order valence-corrected chi connectivity index (χ3v) is 6.13. The van der Waals surface area contributed by atoms with Gasteiger partial charge in [-0.2, -0.15) is 5.10 Å². The van der Waals surface area contributed by atoms with Gasteiger partial charge in [-0.25, -0.2) is 4.98 Å². The number of benzene rings is 2. The van der Waals surface area contributed by atoms with Gasteiger partial charge in [-0.1, -0.05) is 6.07 Å². The third kappa shape index (κ3) is 2.15. The number of H-pyrrole nitrogens is 1. The molecule has 0 spiro atoms. The first-order valence-electron chi connectivity index (χ1n) is 9.71. The van der Waals surface area contributed by atoms with Gasteiger partial charge in [0.2, 0.25) is 0 Å². The number of anilines is 1. The summed E-state index contributed by atoms with van der Waals surface area (Å²) >= 11 is 0. The summed E-state index contributed by atoms with van der Waals surface area (Å²) in [5, 5.41) is 13.2. The topological polar surface area (TPSA) is 79.6 Å². The average molecular weight is 355 g/mol. The Morgan fingerprint density at radius 1 is 1.04 bits per heavy atom. The molecule has 0 fully saturated rings. The Labute approximate surface area is 157 Å². The van der Waals surface area contributed by atoms with Gasteiger partial charge in [0.15, 0.2) is 0 Å². The van der Waals surface area contributed by atoms with E-state index in [0.29, 0.717) is 0 Å². The Morgan fingerprint density at radius 3 is 2.85 bits per heavy atom. The van der Waals surface area contributed by atoms with Crippen molar-refractivity contribution in [3.8, 4) is 11.3 Å². The molecule has 0 saturated carbocycles. The second-order valence-electron chi connectivity index (χ2n) is 7.70. The molecule has 4 N–H and O–H groups in total. The molecule has 5 heteroatoms. The van der Waals surface area contributed by atoms with Gasteiger partial charge >= 0.3 is 0 Å². The molecule has 27 heavy (non-hydrogen) atoms. The Morgan fingerprint density at radius 2 is 1.93 bits per heavy atom. The van der Waals surface area contributed by atoms with Crippen LogP contribution in [0, 0.1) is 0 Å². The monoisotopic (exact) mass is 355 g/mol. The molecule has 1 aliphatic carbocycles. The van der Waals surface area contributed by atoms with Crippen LogP contribution in [0.1, 0.15) is 35.6 Å². The fraction of sp³-hybridized carbons (Fsp3) is 0.273. The number of nitrogens with zero attached hydrogens (tertiary/aromatic N) is 2. The Bertz CT molecular complexity index is 1210. The molecule has 3 heterocycles. The van der Waals surface area contributed by atoms with E-state index in [4.69, 9.17) is 10.7 Å². The van der Waals surface area contributed by atoms with E-state index in [9.17, 15) is 0 Å². The highest BCUT2D eigenvalue weighted by molar-refractivity contribution is 6.07. The Kier molecular flexibility index (Phi) is 3.11. The molecule has 4 aromatic rings. The Hall–Kier alpha value is -2.92. The molecule has 0 amide bonds. The van der Waals surface area contributed by atoms with Crippen LogP contribution in [0.3, 0.4) is 0 Å². The fourth-order valence-electron chi connectivity index (χ4n) is 4.79. The highest BCUT2D eigenvalue weighted by atomic mass is 15.1. The van der Waals surface area contributed by atoms with Crippen LogP contribution >= 0.6 is 0 Å². The van der Waals surface area contributed by atoms with Crippen molar-refractivity contribution >= 4 is 27.5 Å².